The first-order valence-corrected chi connectivity index (χ1v) is 4.54. The van der Waals surface area contributed by atoms with Gasteiger partial charge < -0.3 is 4.74 Å². The maximum absolute atomic E-state index is 13.3. The van der Waals surface area contributed by atoms with Gasteiger partial charge in [0.1, 0.15) is 6.07 Å². The van der Waals surface area contributed by atoms with E-state index in [0.29, 0.717) is 0 Å². The van der Waals surface area contributed by atoms with Crippen molar-refractivity contribution < 1.29 is 13.9 Å². The highest BCUT2D eigenvalue weighted by Crippen LogP contribution is 2.22. The van der Waals surface area contributed by atoms with Gasteiger partial charge in [-0.05, 0) is 12.1 Å². The molecule has 0 saturated carbocycles. The molecule has 0 bridgehead atoms. The zero-order chi connectivity index (χ0) is 11.4. The van der Waals surface area contributed by atoms with Crippen molar-refractivity contribution in [2.24, 2.45) is 0 Å². The summed E-state index contributed by atoms with van der Waals surface area (Å²) < 4.78 is 18.0. The van der Waals surface area contributed by atoms with E-state index in [1.807, 2.05) is 0 Å². The molecule has 0 aromatic heterocycles. The van der Waals surface area contributed by atoms with E-state index in [9.17, 15) is 9.18 Å². The van der Waals surface area contributed by atoms with E-state index < -0.39 is 5.82 Å². The summed E-state index contributed by atoms with van der Waals surface area (Å²) in [5.41, 5.74) is -0.0670. The molecule has 0 heterocycles. The Kier molecular flexibility index (Phi) is 3.64. The zero-order valence-corrected chi connectivity index (χ0v) is 8.64. The summed E-state index contributed by atoms with van der Waals surface area (Å²) in [5, 5.41) is 8.63. The Hall–Kier alpha value is -1.60. The Morgan fingerprint density at radius 1 is 1.67 bits per heavy atom. The number of carbonyl (C=O) groups excluding carboxylic acids is 1. The maximum Gasteiger partial charge on any atom is 0.182 e. The molecule has 78 valence electrons. The van der Waals surface area contributed by atoms with Crippen LogP contribution in [-0.4, -0.2) is 18.8 Å². The van der Waals surface area contributed by atoms with Crippen molar-refractivity contribution in [2.45, 2.75) is 0 Å². The lowest BCUT2D eigenvalue weighted by Crippen LogP contribution is -2.03. The third kappa shape index (κ3) is 2.25. The van der Waals surface area contributed by atoms with Gasteiger partial charge in [0.2, 0.25) is 0 Å². The molecular formula is C10H7ClFNO2. The van der Waals surface area contributed by atoms with Crippen LogP contribution in [0.1, 0.15) is 15.9 Å². The van der Waals surface area contributed by atoms with Crippen molar-refractivity contribution in [3.05, 3.63) is 29.1 Å². The van der Waals surface area contributed by atoms with Crippen molar-refractivity contribution in [1.82, 2.24) is 0 Å². The third-order valence-corrected chi connectivity index (χ3v) is 2.07. The SMILES string of the molecule is COc1cc(C(=O)CCl)cc(C#N)c1F. The molecule has 0 unspecified atom stereocenters. The second-order valence-electron chi connectivity index (χ2n) is 2.71. The summed E-state index contributed by atoms with van der Waals surface area (Å²) in [5.74, 6) is -1.51. The van der Waals surface area contributed by atoms with Gasteiger partial charge in [0.15, 0.2) is 17.3 Å². The fourth-order valence-electron chi connectivity index (χ4n) is 1.07. The molecule has 0 spiro atoms. The lowest BCUT2D eigenvalue weighted by atomic mass is 10.1. The number of nitrogens with zero attached hydrogens (tertiary/aromatic N) is 1. The maximum atomic E-state index is 13.3. The fraction of sp³-hybridized carbons (Fsp3) is 0.200. The average Bonchev–Trinajstić information content (AvgIpc) is 2.28. The Morgan fingerprint density at radius 3 is 2.80 bits per heavy atom. The number of ketones is 1. The van der Waals surface area contributed by atoms with E-state index in [4.69, 9.17) is 21.6 Å². The molecule has 15 heavy (non-hydrogen) atoms. The number of ether oxygens (including phenoxy) is 1. The second-order valence-corrected chi connectivity index (χ2v) is 2.98. The summed E-state index contributed by atoms with van der Waals surface area (Å²) in [6.45, 7) is 0. The standard InChI is InChI=1S/C10H7ClFNO2/c1-15-9-3-6(8(14)4-11)2-7(5-13)10(9)12/h2-3H,4H2,1H3. The van der Waals surface area contributed by atoms with Crippen molar-refractivity contribution in [3.63, 3.8) is 0 Å². The number of benzene rings is 1. The molecule has 0 aliphatic heterocycles. The molecule has 0 aliphatic carbocycles. The summed E-state index contributed by atoms with van der Waals surface area (Å²) in [6, 6.07) is 4.02. The Labute approximate surface area is 91.0 Å². The normalized spacial score (nSPS) is 9.47. The number of rotatable bonds is 3. The number of halogens is 2. The van der Waals surface area contributed by atoms with E-state index in [1.165, 1.54) is 13.2 Å². The highest BCUT2D eigenvalue weighted by Gasteiger charge is 2.14. The fourth-order valence-corrected chi connectivity index (χ4v) is 1.22. The number of hydrogen-bond acceptors (Lipinski definition) is 3. The largest absolute Gasteiger partial charge is 0.494 e. The van der Waals surface area contributed by atoms with Crippen molar-refractivity contribution in [2.75, 3.05) is 13.0 Å². The first-order valence-electron chi connectivity index (χ1n) is 4.00. The average molecular weight is 228 g/mol. The van der Waals surface area contributed by atoms with Gasteiger partial charge in [0, 0.05) is 5.56 Å². The van der Waals surface area contributed by atoms with Crippen molar-refractivity contribution in [3.8, 4) is 11.8 Å². The molecule has 0 amide bonds. The number of nitriles is 1. The van der Waals surface area contributed by atoms with Crippen LogP contribution in [-0.2, 0) is 0 Å². The Balaban J connectivity index is 3.34. The molecule has 0 fully saturated rings. The Bertz CT molecular complexity index is 440. The predicted octanol–water partition coefficient (Wildman–Crippen LogP) is 2.13. The number of hydrogen-bond donors (Lipinski definition) is 0. The summed E-state index contributed by atoms with van der Waals surface area (Å²) in [6.07, 6.45) is 0. The van der Waals surface area contributed by atoms with Crippen LogP contribution in [0, 0.1) is 17.1 Å². The quantitative estimate of drug-likeness (QED) is 0.587. The van der Waals surface area contributed by atoms with Gasteiger partial charge in [-0.25, -0.2) is 4.39 Å². The minimum absolute atomic E-state index is 0.137. The van der Waals surface area contributed by atoms with E-state index in [0.717, 1.165) is 6.07 Å². The smallest absolute Gasteiger partial charge is 0.182 e. The van der Waals surface area contributed by atoms with Crippen LogP contribution in [0.2, 0.25) is 0 Å². The molecule has 0 saturated heterocycles. The summed E-state index contributed by atoms with van der Waals surface area (Å²) in [7, 11) is 1.26. The van der Waals surface area contributed by atoms with Crippen LogP contribution < -0.4 is 4.74 Å². The zero-order valence-electron chi connectivity index (χ0n) is 7.88. The van der Waals surface area contributed by atoms with Gasteiger partial charge in [-0.15, -0.1) is 11.6 Å². The first-order chi connectivity index (χ1) is 7.13. The molecule has 1 rings (SSSR count). The number of alkyl halides is 1. The topological polar surface area (TPSA) is 50.1 Å². The van der Waals surface area contributed by atoms with Crippen molar-refractivity contribution >= 4 is 17.4 Å². The van der Waals surface area contributed by atoms with Crippen LogP contribution in [0.4, 0.5) is 4.39 Å². The molecule has 1 aromatic rings. The predicted molar refractivity (Wildman–Crippen MR) is 52.7 cm³/mol. The summed E-state index contributed by atoms with van der Waals surface area (Å²) >= 11 is 5.35. The lowest BCUT2D eigenvalue weighted by molar-refractivity contribution is 0.102. The molecule has 0 radical (unpaired) electrons. The van der Waals surface area contributed by atoms with Gasteiger partial charge in [-0.3, -0.25) is 4.79 Å². The number of methoxy groups -OCH3 is 1. The van der Waals surface area contributed by atoms with Crippen LogP contribution in [0.15, 0.2) is 12.1 Å². The van der Waals surface area contributed by atoms with Gasteiger partial charge in [0.25, 0.3) is 0 Å². The van der Waals surface area contributed by atoms with E-state index in [1.54, 1.807) is 6.07 Å². The van der Waals surface area contributed by atoms with Crippen LogP contribution in [0.25, 0.3) is 0 Å². The van der Waals surface area contributed by atoms with Crippen LogP contribution in [0.3, 0.4) is 0 Å². The van der Waals surface area contributed by atoms with Gasteiger partial charge >= 0.3 is 0 Å². The van der Waals surface area contributed by atoms with Crippen molar-refractivity contribution in [1.29, 1.82) is 5.26 Å². The third-order valence-electron chi connectivity index (χ3n) is 1.82. The molecule has 0 aliphatic rings. The Morgan fingerprint density at radius 2 is 2.33 bits per heavy atom. The molecule has 3 nitrogen and oxygen atoms in total. The van der Waals surface area contributed by atoms with E-state index in [-0.39, 0.29) is 28.5 Å². The monoisotopic (exact) mass is 227 g/mol. The van der Waals surface area contributed by atoms with Crippen LogP contribution in [0.5, 0.6) is 5.75 Å². The lowest BCUT2D eigenvalue weighted by Gasteiger charge is -2.05. The van der Waals surface area contributed by atoms with Crippen LogP contribution >= 0.6 is 11.6 Å². The number of carbonyl (C=O) groups is 1. The van der Waals surface area contributed by atoms with Gasteiger partial charge in [0.05, 0.1) is 18.6 Å². The van der Waals surface area contributed by atoms with Gasteiger partial charge in [-0.2, -0.15) is 5.26 Å². The molecule has 1 aromatic carbocycles. The molecule has 0 N–H and O–H groups in total. The number of Topliss-reactive ketones (excluding diaryl/α,β-unsaturated/α-hetero) is 1. The molecule has 5 heteroatoms. The minimum Gasteiger partial charge on any atom is -0.494 e. The highest BCUT2D eigenvalue weighted by atomic mass is 35.5. The molecular weight excluding hydrogens is 221 g/mol. The summed E-state index contributed by atoms with van der Waals surface area (Å²) in [4.78, 5) is 11.2. The second kappa shape index (κ2) is 4.76. The van der Waals surface area contributed by atoms with E-state index >= 15 is 0 Å². The van der Waals surface area contributed by atoms with E-state index in [2.05, 4.69) is 0 Å². The first kappa shape index (κ1) is 11.5. The highest BCUT2D eigenvalue weighted by molar-refractivity contribution is 6.30. The van der Waals surface area contributed by atoms with Gasteiger partial charge in [-0.1, -0.05) is 0 Å². The minimum atomic E-state index is -0.772. The molecule has 0 atom stereocenters.